The number of fused-ring (bicyclic) bond motifs is 1. The quantitative estimate of drug-likeness (QED) is 0.685. The molecule has 4 rings (SSSR count). The van der Waals surface area contributed by atoms with E-state index in [0.717, 1.165) is 28.5 Å². The number of carbonyl (C=O) groups is 1. The fourth-order valence-electron chi connectivity index (χ4n) is 2.61. The van der Waals surface area contributed by atoms with Crippen molar-refractivity contribution in [1.82, 2.24) is 9.78 Å². The highest BCUT2D eigenvalue weighted by atomic mass is 35.5. The summed E-state index contributed by atoms with van der Waals surface area (Å²) in [4.78, 5) is 12.3. The molecule has 1 aliphatic heterocycles. The Hall–Kier alpha value is -2.44. The van der Waals surface area contributed by atoms with Crippen molar-refractivity contribution in [2.24, 2.45) is 0 Å². The van der Waals surface area contributed by atoms with Gasteiger partial charge in [-0.3, -0.25) is 4.79 Å². The summed E-state index contributed by atoms with van der Waals surface area (Å²) in [6.07, 6.45) is 4.65. The van der Waals surface area contributed by atoms with Gasteiger partial charge in [-0.05, 0) is 42.5 Å². The van der Waals surface area contributed by atoms with Crippen LogP contribution in [-0.2, 0) is 16.3 Å². The maximum atomic E-state index is 12.3. The van der Waals surface area contributed by atoms with Crippen LogP contribution in [0.2, 0.25) is 5.02 Å². The van der Waals surface area contributed by atoms with Crippen molar-refractivity contribution >= 4 is 41.2 Å². The monoisotopic (exact) mass is 371 g/mol. The van der Waals surface area contributed by atoms with E-state index in [0.29, 0.717) is 16.6 Å². The molecule has 0 saturated heterocycles. The minimum Gasteiger partial charge on any atom is -0.465 e. The van der Waals surface area contributed by atoms with Crippen molar-refractivity contribution in [2.45, 2.75) is 11.5 Å². The number of anilines is 1. The molecule has 25 heavy (non-hydrogen) atoms. The van der Waals surface area contributed by atoms with Crippen molar-refractivity contribution in [3.05, 3.63) is 70.8 Å². The molecule has 0 spiro atoms. The number of hydrogen-bond acceptors (Lipinski definition) is 4. The first-order valence-corrected chi connectivity index (χ1v) is 9.21. The number of nitrogens with one attached hydrogen (secondary N) is 1. The zero-order valence-electron chi connectivity index (χ0n) is 13.1. The summed E-state index contributed by atoms with van der Waals surface area (Å²) >= 11 is 7.75. The second-order valence-corrected chi connectivity index (χ2v) is 6.91. The van der Waals surface area contributed by atoms with Crippen LogP contribution in [0.15, 0.2) is 53.2 Å². The molecule has 1 aliphatic rings. The van der Waals surface area contributed by atoms with E-state index < -0.39 is 0 Å². The summed E-state index contributed by atoms with van der Waals surface area (Å²) in [5, 5.41) is 8.26. The maximum Gasteiger partial charge on any atom is 0.249 e. The molecule has 1 amide bonds. The number of benzene rings is 1. The third kappa shape index (κ3) is 3.36. The standard InChI is InChI=1S/C18H14ClN3O2S/c19-12-3-5-13(6-4-12)22-18(15-10-25-11-16(15)21-22)20-17(23)8-7-14-2-1-9-24-14/h1-9H,10-11H2,(H,20,23)/b8-7-. The van der Waals surface area contributed by atoms with E-state index in [4.69, 9.17) is 16.0 Å². The van der Waals surface area contributed by atoms with Crippen LogP contribution in [0, 0.1) is 0 Å². The van der Waals surface area contributed by atoms with E-state index in [-0.39, 0.29) is 5.91 Å². The Morgan fingerprint density at radius 2 is 2.12 bits per heavy atom. The number of rotatable bonds is 4. The Bertz CT molecular complexity index is 930. The Morgan fingerprint density at radius 1 is 1.28 bits per heavy atom. The van der Waals surface area contributed by atoms with Gasteiger partial charge in [0.1, 0.15) is 11.6 Å². The molecule has 0 saturated carbocycles. The van der Waals surface area contributed by atoms with E-state index in [1.165, 1.54) is 6.08 Å². The van der Waals surface area contributed by atoms with E-state index in [1.54, 1.807) is 53.0 Å². The third-order valence-electron chi connectivity index (χ3n) is 3.81. The smallest absolute Gasteiger partial charge is 0.249 e. The van der Waals surface area contributed by atoms with Gasteiger partial charge in [0.15, 0.2) is 0 Å². The van der Waals surface area contributed by atoms with Crippen molar-refractivity contribution in [3.63, 3.8) is 0 Å². The number of nitrogens with zero attached hydrogens (tertiary/aromatic N) is 2. The normalized spacial score (nSPS) is 13.3. The third-order valence-corrected chi connectivity index (χ3v) is 5.03. The average Bonchev–Trinajstić information content (AvgIpc) is 3.32. The minimum atomic E-state index is -0.230. The zero-order chi connectivity index (χ0) is 17.2. The molecule has 5 nitrogen and oxygen atoms in total. The lowest BCUT2D eigenvalue weighted by Gasteiger charge is -2.10. The van der Waals surface area contributed by atoms with Gasteiger partial charge in [-0.15, -0.1) is 0 Å². The molecule has 0 fully saturated rings. The summed E-state index contributed by atoms with van der Waals surface area (Å²) < 4.78 is 6.96. The predicted octanol–water partition coefficient (Wildman–Crippen LogP) is 4.52. The van der Waals surface area contributed by atoms with Crippen LogP contribution in [0.25, 0.3) is 11.8 Å². The highest BCUT2D eigenvalue weighted by molar-refractivity contribution is 7.98. The first-order chi connectivity index (χ1) is 12.2. The molecule has 3 heterocycles. The maximum absolute atomic E-state index is 12.3. The number of amides is 1. The van der Waals surface area contributed by atoms with Crippen LogP contribution in [0.3, 0.4) is 0 Å². The van der Waals surface area contributed by atoms with Crippen LogP contribution in [0.4, 0.5) is 5.82 Å². The number of thioether (sulfide) groups is 1. The molecule has 0 aliphatic carbocycles. The molecule has 126 valence electrons. The lowest BCUT2D eigenvalue weighted by atomic mass is 10.2. The molecule has 1 N–H and O–H groups in total. The number of hydrogen-bond donors (Lipinski definition) is 1. The Morgan fingerprint density at radius 3 is 2.88 bits per heavy atom. The average molecular weight is 372 g/mol. The Labute approximate surface area is 153 Å². The van der Waals surface area contributed by atoms with Crippen LogP contribution in [0.5, 0.6) is 0 Å². The van der Waals surface area contributed by atoms with Gasteiger partial charge in [0.2, 0.25) is 5.91 Å². The van der Waals surface area contributed by atoms with Crippen LogP contribution in [-0.4, -0.2) is 15.7 Å². The molecule has 0 unspecified atom stereocenters. The number of furan rings is 1. The van der Waals surface area contributed by atoms with Gasteiger partial charge in [-0.1, -0.05) is 11.6 Å². The summed E-state index contributed by atoms with van der Waals surface area (Å²) in [5.41, 5.74) is 2.93. The second-order valence-electron chi connectivity index (χ2n) is 5.49. The number of carbonyl (C=O) groups excluding carboxylic acids is 1. The highest BCUT2D eigenvalue weighted by Crippen LogP contribution is 2.36. The summed E-state index contributed by atoms with van der Waals surface area (Å²) in [6, 6.07) is 10.9. The molecule has 0 atom stereocenters. The van der Waals surface area contributed by atoms with Crippen molar-refractivity contribution < 1.29 is 9.21 Å². The first kappa shape index (κ1) is 16.1. The molecule has 2 aromatic heterocycles. The van der Waals surface area contributed by atoms with Crippen molar-refractivity contribution in [3.8, 4) is 5.69 Å². The van der Waals surface area contributed by atoms with Crippen LogP contribution < -0.4 is 5.32 Å². The van der Waals surface area contributed by atoms with Crippen LogP contribution >= 0.6 is 23.4 Å². The summed E-state index contributed by atoms with van der Waals surface area (Å²) in [6.45, 7) is 0. The summed E-state index contributed by atoms with van der Waals surface area (Å²) in [7, 11) is 0. The van der Waals surface area contributed by atoms with Gasteiger partial charge < -0.3 is 9.73 Å². The fourth-order valence-corrected chi connectivity index (χ4v) is 3.77. The Balaban J connectivity index is 1.64. The molecular formula is C18H14ClN3O2S. The predicted molar refractivity (Wildman–Crippen MR) is 99.9 cm³/mol. The van der Waals surface area contributed by atoms with Crippen molar-refractivity contribution in [1.29, 1.82) is 0 Å². The molecule has 0 bridgehead atoms. The van der Waals surface area contributed by atoms with E-state index >= 15 is 0 Å². The molecular weight excluding hydrogens is 358 g/mol. The molecule has 7 heteroatoms. The number of aromatic nitrogens is 2. The second kappa shape index (κ2) is 6.82. The first-order valence-electron chi connectivity index (χ1n) is 7.68. The SMILES string of the molecule is O=C(/C=C\c1ccco1)Nc1c2c(nn1-c1ccc(Cl)cc1)CSC2. The largest absolute Gasteiger partial charge is 0.465 e. The van der Waals surface area contributed by atoms with Gasteiger partial charge in [-0.25, -0.2) is 4.68 Å². The molecule has 1 aromatic carbocycles. The van der Waals surface area contributed by atoms with Gasteiger partial charge in [0.05, 0.1) is 17.6 Å². The Kier molecular flexibility index (Phi) is 4.38. The fraction of sp³-hybridized carbons (Fsp3) is 0.111. The van der Waals surface area contributed by atoms with Crippen molar-refractivity contribution in [2.75, 3.05) is 5.32 Å². The van der Waals surface area contributed by atoms with E-state index in [1.807, 2.05) is 12.1 Å². The lowest BCUT2D eigenvalue weighted by molar-refractivity contribution is -0.111. The lowest BCUT2D eigenvalue weighted by Crippen LogP contribution is -2.13. The van der Waals surface area contributed by atoms with Gasteiger partial charge in [-0.2, -0.15) is 16.9 Å². The summed E-state index contributed by atoms with van der Waals surface area (Å²) in [5.74, 6) is 2.78. The topological polar surface area (TPSA) is 60.1 Å². The van der Waals surface area contributed by atoms with Gasteiger partial charge >= 0.3 is 0 Å². The van der Waals surface area contributed by atoms with E-state index in [9.17, 15) is 4.79 Å². The zero-order valence-corrected chi connectivity index (χ0v) is 14.7. The van der Waals surface area contributed by atoms with Crippen LogP contribution in [0.1, 0.15) is 17.0 Å². The molecule has 0 radical (unpaired) electrons. The molecule has 3 aromatic rings. The highest BCUT2D eigenvalue weighted by Gasteiger charge is 2.24. The van der Waals surface area contributed by atoms with Gasteiger partial charge in [0.25, 0.3) is 0 Å². The number of halogens is 1. The van der Waals surface area contributed by atoms with Gasteiger partial charge in [0, 0.05) is 28.2 Å². The minimum absolute atomic E-state index is 0.230. The van der Waals surface area contributed by atoms with E-state index in [2.05, 4.69) is 10.4 Å².